The van der Waals surface area contributed by atoms with E-state index in [9.17, 15) is 29.7 Å². The Labute approximate surface area is 177 Å². The first-order valence-electron chi connectivity index (χ1n) is 10.4. The lowest BCUT2D eigenvalue weighted by molar-refractivity contribution is -0.140. The summed E-state index contributed by atoms with van der Waals surface area (Å²) in [5.41, 5.74) is 0. The largest absolute Gasteiger partial charge is 0.480 e. The van der Waals surface area contributed by atoms with Gasteiger partial charge in [-0.3, -0.25) is 29.2 Å². The Morgan fingerprint density at radius 2 is 1.30 bits per heavy atom. The summed E-state index contributed by atoms with van der Waals surface area (Å²) in [5.74, 6) is -1.92. The lowest BCUT2D eigenvalue weighted by atomic mass is 10.1. The van der Waals surface area contributed by atoms with Gasteiger partial charge in [0, 0.05) is 58.4 Å². The van der Waals surface area contributed by atoms with E-state index >= 15 is 0 Å². The van der Waals surface area contributed by atoms with Crippen molar-refractivity contribution >= 4 is 18.2 Å². The average molecular weight is 433 g/mol. The second-order valence-electron chi connectivity index (χ2n) is 7.57. The molecule has 1 fully saturated rings. The fourth-order valence-electron chi connectivity index (χ4n) is 3.77. The van der Waals surface area contributed by atoms with Crippen LogP contribution in [0.15, 0.2) is 0 Å². The quantitative estimate of drug-likeness (QED) is 0.277. The zero-order valence-electron chi connectivity index (χ0n) is 17.7. The molecule has 11 heteroatoms. The van der Waals surface area contributed by atoms with Crippen LogP contribution in [0.3, 0.4) is 0 Å². The standard InChI is InChI=1S/C19H36N4O7/c1-2-16(17(26)15-25)23-9-7-20(11-12-24)3-4-21(13-18(27)28)5-6-22(8-10-23)14-19(29)30/h12,16-17,25-26H,2-11,13-15H2,1H3,(H,27,28)(H,29,30)/t16?,17-/m1/s1. The number of aliphatic carboxylic acids is 2. The molecule has 0 aliphatic carbocycles. The van der Waals surface area contributed by atoms with Crippen molar-refractivity contribution in [3.63, 3.8) is 0 Å². The van der Waals surface area contributed by atoms with E-state index in [0.717, 1.165) is 6.29 Å². The third-order valence-corrected chi connectivity index (χ3v) is 5.44. The van der Waals surface area contributed by atoms with Gasteiger partial charge in [0.15, 0.2) is 0 Å². The van der Waals surface area contributed by atoms with Gasteiger partial charge < -0.3 is 25.2 Å². The summed E-state index contributed by atoms with van der Waals surface area (Å²) >= 11 is 0. The molecule has 30 heavy (non-hydrogen) atoms. The van der Waals surface area contributed by atoms with Crippen molar-refractivity contribution in [3.05, 3.63) is 0 Å². The molecule has 2 atom stereocenters. The van der Waals surface area contributed by atoms with E-state index in [0.29, 0.717) is 58.8 Å². The van der Waals surface area contributed by atoms with Crippen LogP contribution in [0.4, 0.5) is 0 Å². The highest BCUT2D eigenvalue weighted by Crippen LogP contribution is 2.11. The third kappa shape index (κ3) is 9.92. The molecule has 0 aromatic heterocycles. The van der Waals surface area contributed by atoms with Gasteiger partial charge in [-0.15, -0.1) is 0 Å². The maximum absolute atomic E-state index is 11.3. The number of hydrogen-bond donors (Lipinski definition) is 4. The molecule has 1 heterocycles. The Kier molecular flexibility index (Phi) is 12.7. The van der Waals surface area contributed by atoms with Crippen LogP contribution in [-0.2, 0) is 14.4 Å². The molecule has 0 saturated carbocycles. The molecule has 0 bridgehead atoms. The van der Waals surface area contributed by atoms with Gasteiger partial charge in [0.25, 0.3) is 0 Å². The van der Waals surface area contributed by atoms with Crippen LogP contribution < -0.4 is 0 Å². The molecule has 0 radical (unpaired) electrons. The molecule has 0 aromatic carbocycles. The first-order valence-corrected chi connectivity index (χ1v) is 10.4. The summed E-state index contributed by atoms with van der Waals surface area (Å²) in [6.45, 7) is 5.16. The van der Waals surface area contributed by atoms with E-state index in [1.54, 1.807) is 9.80 Å². The zero-order valence-corrected chi connectivity index (χ0v) is 17.7. The summed E-state index contributed by atoms with van der Waals surface area (Å²) in [6.07, 6.45) is 0.508. The molecule has 4 N–H and O–H groups in total. The molecule has 0 amide bonds. The summed E-state index contributed by atoms with van der Waals surface area (Å²) in [7, 11) is 0. The Bertz CT molecular complexity index is 537. The van der Waals surface area contributed by atoms with Gasteiger partial charge in [-0.05, 0) is 6.42 Å². The van der Waals surface area contributed by atoms with Crippen LogP contribution in [0.25, 0.3) is 0 Å². The van der Waals surface area contributed by atoms with Crippen LogP contribution in [0.2, 0.25) is 0 Å². The fourth-order valence-corrected chi connectivity index (χ4v) is 3.77. The second kappa shape index (κ2) is 14.4. The van der Waals surface area contributed by atoms with Crippen LogP contribution >= 0.6 is 0 Å². The smallest absolute Gasteiger partial charge is 0.317 e. The number of carbonyl (C=O) groups is 3. The maximum atomic E-state index is 11.3. The van der Waals surface area contributed by atoms with Crippen molar-refractivity contribution in [2.24, 2.45) is 0 Å². The molecule has 0 spiro atoms. The number of aliphatic hydroxyl groups is 2. The predicted octanol–water partition coefficient (Wildman–Crippen LogP) is -2.29. The number of aldehydes is 1. The van der Waals surface area contributed by atoms with Crippen LogP contribution in [-0.4, -0.2) is 149 Å². The van der Waals surface area contributed by atoms with Gasteiger partial charge in [0.05, 0.1) is 32.3 Å². The molecule has 0 aromatic rings. The molecule has 11 nitrogen and oxygen atoms in total. The van der Waals surface area contributed by atoms with Crippen molar-refractivity contribution in [1.82, 2.24) is 19.6 Å². The predicted molar refractivity (Wildman–Crippen MR) is 109 cm³/mol. The van der Waals surface area contributed by atoms with E-state index in [1.807, 2.05) is 16.7 Å². The van der Waals surface area contributed by atoms with Crippen molar-refractivity contribution in [2.75, 3.05) is 78.6 Å². The van der Waals surface area contributed by atoms with Crippen molar-refractivity contribution in [1.29, 1.82) is 0 Å². The van der Waals surface area contributed by atoms with Crippen LogP contribution in [0.5, 0.6) is 0 Å². The number of hydrogen-bond acceptors (Lipinski definition) is 9. The molecular formula is C19H36N4O7. The summed E-state index contributed by atoms with van der Waals surface area (Å²) in [6, 6.07) is -0.286. The molecule has 1 unspecified atom stereocenters. The highest BCUT2D eigenvalue weighted by molar-refractivity contribution is 5.69. The van der Waals surface area contributed by atoms with E-state index in [-0.39, 0.29) is 32.3 Å². The monoisotopic (exact) mass is 432 g/mol. The first-order chi connectivity index (χ1) is 14.3. The lowest BCUT2D eigenvalue weighted by Crippen LogP contribution is -2.52. The summed E-state index contributed by atoms with van der Waals surface area (Å²) in [4.78, 5) is 41.0. The minimum atomic E-state index is -0.960. The molecule has 1 aliphatic rings. The Morgan fingerprint density at radius 3 is 1.70 bits per heavy atom. The van der Waals surface area contributed by atoms with Crippen LogP contribution in [0.1, 0.15) is 13.3 Å². The van der Waals surface area contributed by atoms with Gasteiger partial charge in [0.2, 0.25) is 0 Å². The van der Waals surface area contributed by atoms with Crippen LogP contribution in [0, 0.1) is 0 Å². The molecular weight excluding hydrogens is 396 g/mol. The van der Waals surface area contributed by atoms with Gasteiger partial charge in [-0.25, -0.2) is 0 Å². The van der Waals surface area contributed by atoms with Gasteiger partial charge in [-0.2, -0.15) is 0 Å². The highest BCUT2D eigenvalue weighted by atomic mass is 16.4. The highest BCUT2D eigenvalue weighted by Gasteiger charge is 2.26. The number of carboxylic acids is 2. The van der Waals surface area contributed by atoms with Crippen molar-refractivity contribution in [3.8, 4) is 0 Å². The Morgan fingerprint density at radius 1 is 0.867 bits per heavy atom. The van der Waals surface area contributed by atoms with Gasteiger partial charge in [0.1, 0.15) is 6.29 Å². The molecule has 174 valence electrons. The maximum Gasteiger partial charge on any atom is 0.317 e. The van der Waals surface area contributed by atoms with E-state index < -0.39 is 18.0 Å². The Balaban J connectivity index is 3.01. The van der Waals surface area contributed by atoms with Crippen molar-refractivity contribution in [2.45, 2.75) is 25.5 Å². The van der Waals surface area contributed by atoms with Gasteiger partial charge in [-0.1, -0.05) is 6.92 Å². The number of carbonyl (C=O) groups excluding carboxylic acids is 1. The normalized spacial score (nSPS) is 21.3. The first kappa shape index (κ1) is 26.4. The number of carboxylic acid groups (broad SMARTS) is 2. The van der Waals surface area contributed by atoms with E-state index in [1.165, 1.54) is 0 Å². The Hall–Kier alpha value is -1.63. The number of aliphatic hydroxyl groups excluding tert-OH is 2. The molecule has 1 rings (SSSR count). The zero-order chi connectivity index (χ0) is 22.5. The fraction of sp³-hybridized carbons (Fsp3) is 0.842. The number of nitrogens with zero attached hydrogens (tertiary/aromatic N) is 4. The SMILES string of the molecule is CCC([C@H](O)CO)N1CCN(CC=O)CCN(CC(=O)O)CCN(CC(=O)O)CC1. The lowest BCUT2D eigenvalue weighted by Gasteiger charge is -2.37. The summed E-state index contributed by atoms with van der Waals surface area (Å²) < 4.78 is 0. The van der Waals surface area contributed by atoms with Crippen molar-refractivity contribution < 1.29 is 34.8 Å². The summed E-state index contributed by atoms with van der Waals surface area (Å²) in [5, 5.41) is 38.0. The third-order valence-electron chi connectivity index (χ3n) is 5.44. The van der Waals surface area contributed by atoms with E-state index in [2.05, 4.69) is 0 Å². The molecule has 1 aliphatic heterocycles. The van der Waals surface area contributed by atoms with E-state index in [4.69, 9.17) is 5.11 Å². The average Bonchev–Trinajstić information content (AvgIpc) is 2.68. The minimum Gasteiger partial charge on any atom is -0.480 e. The topological polar surface area (TPSA) is 145 Å². The number of rotatable bonds is 10. The van der Waals surface area contributed by atoms with Gasteiger partial charge >= 0.3 is 11.9 Å². The molecule has 1 saturated heterocycles. The minimum absolute atomic E-state index is 0.150. The second-order valence-corrected chi connectivity index (χ2v) is 7.57.